The van der Waals surface area contributed by atoms with Crippen molar-refractivity contribution in [1.82, 2.24) is 0 Å². The Morgan fingerprint density at radius 1 is 1.42 bits per heavy atom. The maximum Gasteiger partial charge on any atom is 0.231 e. The molecule has 0 atom stereocenters. The van der Waals surface area contributed by atoms with Gasteiger partial charge in [-0.3, -0.25) is 0 Å². The first-order valence-electron chi connectivity index (χ1n) is 3.34. The lowest BCUT2D eigenvalue weighted by Gasteiger charge is -1.99. The highest BCUT2D eigenvalue weighted by Gasteiger charge is 2.20. The molecule has 2 rings (SSSR count). The number of phenols is 1. The summed E-state index contributed by atoms with van der Waals surface area (Å²) in [6.07, 6.45) is 0. The molecule has 4 heteroatoms. The van der Waals surface area contributed by atoms with Gasteiger partial charge in [0.2, 0.25) is 6.79 Å². The third-order valence-corrected chi connectivity index (χ3v) is 1.63. The molecular weight excluding hydrogens is 158 g/mol. The first-order chi connectivity index (χ1) is 5.83. The fourth-order valence-electron chi connectivity index (χ4n) is 1.07. The van der Waals surface area contributed by atoms with Gasteiger partial charge in [0, 0.05) is 0 Å². The second kappa shape index (κ2) is 2.31. The van der Waals surface area contributed by atoms with E-state index in [1.807, 2.05) is 6.07 Å². The number of benzene rings is 1. The van der Waals surface area contributed by atoms with E-state index in [9.17, 15) is 5.11 Å². The molecule has 0 fully saturated rings. The fraction of sp³-hybridized carbons (Fsp3) is 0.125. The quantitative estimate of drug-likeness (QED) is 0.619. The molecule has 1 aliphatic rings. The van der Waals surface area contributed by atoms with E-state index in [0.717, 1.165) is 0 Å². The van der Waals surface area contributed by atoms with Crippen molar-refractivity contribution < 1.29 is 14.6 Å². The predicted molar refractivity (Wildman–Crippen MR) is 38.9 cm³/mol. The van der Waals surface area contributed by atoms with E-state index in [2.05, 4.69) is 0 Å². The summed E-state index contributed by atoms with van der Waals surface area (Å²) in [6.45, 7) is 0.105. The van der Waals surface area contributed by atoms with Crippen LogP contribution in [0, 0.1) is 11.3 Å². The summed E-state index contributed by atoms with van der Waals surface area (Å²) in [5.41, 5.74) is 0.130. The van der Waals surface area contributed by atoms with Crippen LogP contribution in [0.1, 0.15) is 5.56 Å². The monoisotopic (exact) mass is 163 g/mol. The smallest absolute Gasteiger partial charge is 0.231 e. The molecule has 0 bridgehead atoms. The Labute approximate surface area is 68.6 Å². The summed E-state index contributed by atoms with van der Waals surface area (Å²) in [5.74, 6) is 0.753. The van der Waals surface area contributed by atoms with Crippen LogP contribution < -0.4 is 9.47 Å². The van der Waals surface area contributed by atoms with Crippen LogP contribution >= 0.6 is 0 Å². The molecule has 0 radical (unpaired) electrons. The standard InChI is InChI=1S/C8H5NO3/c9-3-5-6(10)1-2-7-8(5)12-4-11-7/h1-2,10H,4H2. The molecule has 1 heterocycles. The fourth-order valence-corrected chi connectivity index (χ4v) is 1.07. The molecule has 0 spiro atoms. The SMILES string of the molecule is N#Cc1c(O)ccc2c1OCO2. The van der Waals surface area contributed by atoms with Crippen LogP contribution in [-0.2, 0) is 0 Å². The average Bonchev–Trinajstić information content (AvgIpc) is 2.52. The summed E-state index contributed by atoms with van der Waals surface area (Å²) in [7, 11) is 0. The van der Waals surface area contributed by atoms with Crippen LogP contribution in [0.4, 0.5) is 0 Å². The second-order valence-electron chi connectivity index (χ2n) is 2.31. The minimum atomic E-state index is -0.0817. The van der Waals surface area contributed by atoms with E-state index in [0.29, 0.717) is 11.5 Å². The molecule has 0 aliphatic carbocycles. The van der Waals surface area contributed by atoms with Crippen molar-refractivity contribution >= 4 is 0 Å². The van der Waals surface area contributed by atoms with Crippen LogP contribution in [0.3, 0.4) is 0 Å². The van der Waals surface area contributed by atoms with Crippen LogP contribution in [0.5, 0.6) is 17.2 Å². The van der Waals surface area contributed by atoms with Crippen molar-refractivity contribution in [2.75, 3.05) is 6.79 Å². The summed E-state index contributed by atoms with van der Waals surface area (Å²) in [5, 5.41) is 17.9. The molecule has 1 aromatic carbocycles. The third-order valence-electron chi connectivity index (χ3n) is 1.63. The Morgan fingerprint density at radius 3 is 3.00 bits per heavy atom. The summed E-state index contributed by atoms with van der Waals surface area (Å²) in [4.78, 5) is 0. The van der Waals surface area contributed by atoms with E-state index in [1.54, 1.807) is 6.07 Å². The molecule has 1 aromatic rings. The normalized spacial score (nSPS) is 12.6. The Hall–Kier alpha value is -1.89. The highest BCUT2D eigenvalue weighted by molar-refractivity contribution is 5.60. The lowest BCUT2D eigenvalue weighted by atomic mass is 10.2. The van der Waals surface area contributed by atoms with Gasteiger partial charge in [0.25, 0.3) is 0 Å². The van der Waals surface area contributed by atoms with Crippen LogP contribution in [0.15, 0.2) is 12.1 Å². The Bertz CT molecular complexity index is 367. The summed E-state index contributed by atoms with van der Waals surface area (Å²) >= 11 is 0. The number of fused-ring (bicyclic) bond motifs is 1. The van der Waals surface area contributed by atoms with Gasteiger partial charge in [-0.1, -0.05) is 0 Å². The van der Waals surface area contributed by atoms with Gasteiger partial charge in [-0.15, -0.1) is 0 Å². The highest BCUT2D eigenvalue weighted by Crippen LogP contribution is 2.39. The van der Waals surface area contributed by atoms with Crippen molar-refractivity contribution in [3.05, 3.63) is 17.7 Å². The maximum absolute atomic E-state index is 9.22. The highest BCUT2D eigenvalue weighted by atomic mass is 16.7. The number of phenolic OH excluding ortho intramolecular Hbond substituents is 1. The number of ether oxygens (including phenoxy) is 2. The first-order valence-corrected chi connectivity index (χ1v) is 3.34. The molecule has 0 amide bonds. The van der Waals surface area contributed by atoms with Crippen molar-refractivity contribution in [2.45, 2.75) is 0 Å². The average molecular weight is 163 g/mol. The predicted octanol–water partition coefficient (Wildman–Crippen LogP) is 0.993. The van der Waals surface area contributed by atoms with E-state index >= 15 is 0 Å². The molecule has 1 aliphatic heterocycles. The van der Waals surface area contributed by atoms with Gasteiger partial charge in [-0.05, 0) is 12.1 Å². The topological polar surface area (TPSA) is 62.5 Å². The molecule has 0 aromatic heterocycles. The van der Waals surface area contributed by atoms with Gasteiger partial charge >= 0.3 is 0 Å². The molecule has 12 heavy (non-hydrogen) atoms. The number of hydrogen-bond acceptors (Lipinski definition) is 4. The largest absolute Gasteiger partial charge is 0.506 e. The van der Waals surface area contributed by atoms with E-state index in [4.69, 9.17) is 14.7 Å². The van der Waals surface area contributed by atoms with Crippen molar-refractivity contribution in [3.8, 4) is 23.3 Å². The number of rotatable bonds is 0. The second-order valence-corrected chi connectivity index (χ2v) is 2.31. The third kappa shape index (κ3) is 0.768. The minimum Gasteiger partial charge on any atom is -0.506 e. The van der Waals surface area contributed by atoms with Gasteiger partial charge in [0.05, 0.1) is 0 Å². The van der Waals surface area contributed by atoms with Gasteiger partial charge < -0.3 is 14.6 Å². The number of aromatic hydroxyl groups is 1. The lowest BCUT2D eigenvalue weighted by molar-refractivity contribution is 0.173. The molecule has 0 unspecified atom stereocenters. The number of nitrogens with zero attached hydrogens (tertiary/aromatic N) is 1. The van der Waals surface area contributed by atoms with Crippen LogP contribution in [-0.4, -0.2) is 11.9 Å². The van der Waals surface area contributed by atoms with Crippen molar-refractivity contribution in [3.63, 3.8) is 0 Å². The Balaban J connectivity index is 2.67. The van der Waals surface area contributed by atoms with Crippen molar-refractivity contribution in [1.29, 1.82) is 5.26 Å². The molecular formula is C8H5NO3. The van der Waals surface area contributed by atoms with Gasteiger partial charge in [0.15, 0.2) is 11.5 Å². The zero-order valence-corrected chi connectivity index (χ0v) is 6.07. The van der Waals surface area contributed by atoms with Gasteiger partial charge in [0.1, 0.15) is 17.4 Å². The Kier molecular flexibility index (Phi) is 1.31. The lowest BCUT2D eigenvalue weighted by Crippen LogP contribution is -1.93. The van der Waals surface area contributed by atoms with E-state index in [-0.39, 0.29) is 18.1 Å². The zero-order chi connectivity index (χ0) is 8.55. The molecule has 60 valence electrons. The maximum atomic E-state index is 9.22. The first kappa shape index (κ1) is 6.80. The molecule has 0 saturated carbocycles. The van der Waals surface area contributed by atoms with Gasteiger partial charge in [-0.2, -0.15) is 5.26 Å². The van der Waals surface area contributed by atoms with Gasteiger partial charge in [-0.25, -0.2) is 0 Å². The molecule has 1 N–H and O–H groups in total. The number of hydrogen-bond donors (Lipinski definition) is 1. The summed E-state index contributed by atoms with van der Waals surface area (Å²) < 4.78 is 10.0. The van der Waals surface area contributed by atoms with E-state index < -0.39 is 0 Å². The minimum absolute atomic E-state index is 0.0817. The molecule has 4 nitrogen and oxygen atoms in total. The molecule has 0 saturated heterocycles. The van der Waals surface area contributed by atoms with Crippen molar-refractivity contribution in [2.24, 2.45) is 0 Å². The Morgan fingerprint density at radius 2 is 2.25 bits per heavy atom. The number of nitriles is 1. The van der Waals surface area contributed by atoms with Crippen LogP contribution in [0.2, 0.25) is 0 Å². The zero-order valence-electron chi connectivity index (χ0n) is 6.07. The van der Waals surface area contributed by atoms with Crippen LogP contribution in [0.25, 0.3) is 0 Å². The van der Waals surface area contributed by atoms with E-state index in [1.165, 1.54) is 6.07 Å². The summed E-state index contributed by atoms with van der Waals surface area (Å²) in [6, 6.07) is 4.82.